The molecule has 0 fully saturated rings. The van der Waals surface area contributed by atoms with E-state index < -0.39 is 0 Å². The number of carbonyl (C=O) groups is 2. The lowest BCUT2D eigenvalue weighted by atomic mass is 10.1. The van der Waals surface area contributed by atoms with Gasteiger partial charge >= 0.3 is 0 Å². The second kappa shape index (κ2) is 8.99. The van der Waals surface area contributed by atoms with E-state index in [9.17, 15) is 9.59 Å². The number of rotatable bonds is 7. The number of ether oxygens (including phenoxy) is 1. The van der Waals surface area contributed by atoms with Crippen LogP contribution in [0, 0.1) is 6.92 Å². The maximum atomic E-state index is 12.6. The summed E-state index contributed by atoms with van der Waals surface area (Å²) in [5.41, 5.74) is 2.22. The lowest BCUT2D eigenvalue weighted by Gasteiger charge is -2.16. The second-order valence-electron chi connectivity index (χ2n) is 6.17. The number of aryl methyl sites for hydroxylation is 1. The average Bonchev–Trinajstić information content (AvgIpc) is 2.65. The standard InChI is InChI=1S/C20H25N3O3/c1-5-6-11-23(3)20(25)17-13-15(9-10-21-17)19(24)22-16-12-14(2)7-8-18(16)26-4/h7-10,12-13H,5-6,11H2,1-4H3,(H,22,24). The highest BCUT2D eigenvalue weighted by atomic mass is 16.5. The molecule has 26 heavy (non-hydrogen) atoms. The second-order valence-corrected chi connectivity index (χ2v) is 6.17. The van der Waals surface area contributed by atoms with Crippen LogP contribution in [0.25, 0.3) is 0 Å². The fourth-order valence-electron chi connectivity index (χ4n) is 2.50. The molecule has 0 saturated heterocycles. The molecular weight excluding hydrogens is 330 g/mol. The van der Waals surface area contributed by atoms with Crippen LogP contribution in [0.3, 0.4) is 0 Å². The van der Waals surface area contributed by atoms with Gasteiger partial charge in [0.1, 0.15) is 11.4 Å². The molecule has 1 N–H and O–H groups in total. The lowest BCUT2D eigenvalue weighted by Crippen LogP contribution is -2.28. The van der Waals surface area contributed by atoms with Crippen molar-refractivity contribution in [1.82, 2.24) is 9.88 Å². The Bertz CT molecular complexity index is 790. The van der Waals surface area contributed by atoms with Crippen LogP contribution in [0.15, 0.2) is 36.5 Å². The Labute approximate surface area is 154 Å². The van der Waals surface area contributed by atoms with Gasteiger partial charge in [-0.05, 0) is 43.2 Å². The highest BCUT2D eigenvalue weighted by molar-refractivity contribution is 6.06. The molecule has 6 nitrogen and oxygen atoms in total. The molecule has 138 valence electrons. The summed E-state index contributed by atoms with van der Waals surface area (Å²) in [6.45, 7) is 4.67. The molecule has 2 rings (SSSR count). The highest BCUT2D eigenvalue weighted by Crippen LogP contribution is 2.25. The lowest BCUT2D eigenvalue weighted by molar-refractivity contribution is 0.0787. The summed E-state index contributed by atoms with van der Waals surface area (Å²) in [6, 6.07) is 8.64. The SMILES string of the molecule is CCCCN(C)C(=O)c1cc(C(=O)Nc2cc(C)ccc2OC)ccn1. The Balaban J connectivity index is 2.18. The minimum Gasteiger partial charge on any atom is -0.495 e. The van der Waals surface area contributed by atoms with Gasteiger partial charge in [-0.25, -0.2) is 0 Å². The third-order valence-electron chi connectivity index (χ3n) is 4.04. The van der Waals surface area contributed by atoms with Crippen LogP contribution >= 0.6 is 0 Å². The summed E-state index contributed by atoms with van der Waals surface area (Å²) in [5.74, 6) is 0.0661. The van der Waals surface area contributed by atoms with Gasteiger partial charge in [0, 0.05) is 25.4 Å². The van der Waals surface area contributed by atoms with E-state index in [0.717, 1.165) is 18.4 Å². The molecule has 0 radical (unpaired) electrons. The van der Waals surface area contributed by atoms with E-state index in [1.807, 2.05) is 19.1 Å². The number of aromatic nitrogens is 1. The molecule has 1 aromatic heterocycles. The van der Waals surface area contributed by atoms with Crippen molar-refractivity contribution in [3.05, 3.63) is 53.3 Å². The number of carbonyl (C=O) groups excluding carboxylic acids is 2. The van der Waals surface area contributed by atoms with Crippen LogP contribution in [0.4, 0.5) is 5.69 Å². The molecule has 2 amide bonds. The molecule has 0 saturated carbocycles. The van der Waals surface area contributed by atoms with Gasteiger partial charge in [0.25, 0.3) is 11.8 Å². The van der Waals surface area contributed by atoms with E-state index in [0.29, 0.717) is 23.5 Å². The first-order chi connectivity index (χ1) is 12.5. The van der Waals surface area contributed by atoms with Crippen LogP contribution in [0.1, 0.15) is 46.2 Å². The number of hydrogen-bond donors (Lipinski definition) is 1. The normalized spacial score (nSPS) is 10.3. The van der Waals surface area contributed by atoms with Gasteiger partial charge in [-0.2, -0.15) is 0 Å². The van der Waals surface area contributed by atoms with Crippen molar-refractivity contribution in [2.45, 2.75) is 26.7 Å². The fraction of sp³-hybridized carbons (Fsp3) is 0.350. The average molecular weight is 355 g/mol. The first kappa shape index (κ1) is 19.4. The third kappa shape index (κ3) is 4.81. The predicted molar refractivity (Wildman–Crippen MR) is 102 cm³/mol. The monoisotopic (exact) mass is 355 g/mol. The zero-order valence-electron chi connectivity index (χ0n) is 15.7. The molecule has 0 aliphatic rings. The Morgan fingerprint density at radius 1 is 1.23 bits per heavy atom. The molecule has 0 aliphatic heterocycles. The fourth-order valence-corrected chi connectivity index (χ4v) is 2.50. The molecule has 0 aliphatic carbocycles. The minimum absolute atomic E-state index is 0.193. The zero-order chi connectivity index (χ0) is 19.1. The predicted octanol–water partition coefficient (Wildman–Crippen LogP) is 3.52. The van der Waals surface area contributed by atoms with Crippen LogP contribution < -0.4 is 10.1 Å². The van der Waals surface area contributed by atoms with Gasteiger partial charge in [-0.3, -0.25) is 14.6 Å². The number of amides is 2. The van der Waals surface area contributed by atoms with Gasteiger partial charge in [-0.15, -0.1) is 0 Å². The maximum Gasteiger partial charge on any atom is 0.272 e. The molecule has 1 heterocycles. The summed E-state index contributed by atoms with van der Waals surface area (Å²) >= 11 is 0. The molecule has 0 spiro atoms. The largest absolute Gasteiger partial charge is 0.495 e. The van der Waals surface area contributed by atoms with Crippen molar-refractivity contribution < 1.29 is 14.3 Å². The van der Waals surface area contributed by atoms with Gasteiger partial charge in [0.05, 0.1) is 12.8 Å². The summed E-state index contributed by atoms with van der Waals surface area (Å²) in [7, 11) is 3.29. The van der Waals surface area contributed by atoms with Crippen molar-refractivity contribution >= 4 is 17.5 Å². The first-order valence-corrected chi connectivity index (χ1v) is 8.63. The Hall–Kier alpha value is -2.89. The Morgan fingerprint density at radius 3 is 2.69 bits per heavy atom. The van der Waals surface area contributed by atoms with Crippen molar-refractivity contribution in [1.29, 1.82) is 0 Å². The maximum absolute atomic E-state index is 12.6. The molecule has 0 bridgehead atoms. The third-order valence-corrected chi connectivity index (χ3v) is 4.04. The topological polar surface area (TPSA) is 71.5 Å². The van der Waals surface area contributed by atoms with Crippen LogP contribution in [-0.2, 0) is 0 Å². The van der Waals surface area contributed by atoms with Crippen molar-refractivity contribution in [3.8, 4) is 5.75 Å². The van der Waals surface area contributed by atoms with E-state index in [1.165, 1.54) is 12.3 Å². The number of hydrogen-bond acceptors (Lipinski definition) is 4. The summed E-state index contributed by atoms with van der Waals surface area (Å²) < 4.78 is 5.28. The van der Waals surface area contributed by atoms with Gasteiger partial charge < -0.3 is 15.0 Å². The van der Waals surface area contributed by atoms with E-state index in [4.69, 9.17) is 4.74 Å². The minimum atomic E-state index is -0.318. The number of benzene rings is 1. The van der Waals surface area contributed by atoms with E-state index in [-0.39, 0.29) is 17.5 Å². The Morgan fingerprint density at radius 2 is 2.00 bits per heavy atom. The van der Waals surface area contributed by atoms with Gasteiger partial charge in [-0.1, -0.05) is 19.4 Å². The quantitative estimate of drug-likeness (QED) is 0.825. The number of nitrogens with one attached hydrogen (secondary N) is 1. The number of pyridine rings is 1. The van der Waals surface area contributed by atoms with E-state index in [1.54, 1.807) is 31.2 Å². The smallest absolute Gasteiger partial charge is 0.272 e. The molecule has 2 aromatic rings. The van der Waals surface area contributed by atoms with Crippen molar-refractivity contribution in [2.24, 2.45) is 0 Å². The number of anilines is 1. The molecular formula is C20H25N3O3. The number of methoxy groups -OCH3 is 1. The van der Waals surface area contributed by atoms with Crippen LogP contribution in [0.5, 0.6) is 5.75 Å². The highest BCUT2D eigenvalue weighted by Gasteiger charge is 2.16. The number of nitrogens with zero attached hydrogens (tertiary/aromatic N) is 2. The van der Waals surface area contributed by atoms with Crippen molar-refractivity contribution in [2.75, 3.05) is 26.0 Å². The summed E-state index contributed by atoms with van der Waals surface area (Å²) in [4.78, 5) is 30.8. The molecule has 6 heteroatoms. The molecule has 0 atom stereocenters. The molecule has 0 unspecified atom stereocenters. The van der Waals surface area contributed by atoms with Gasteiger partial charge in [0.15, 0.2) is 0 Å². The molecule has 1 aromatic carbocycles. The van der Waals surface area contributed by atoms with E-state index >= 15 is 0 Å². The van der Waals surface area contributed by atoms with E-state index in [2.05, 4.69) is 17.2 Å². The Kier molecular flexibility index (Phi) is 6.72. The number of unbranched alkanes of at least 4 members (excludes halogenated alkanes) is 1. The summed E-state index contributed by atoms with van der Waals surface area (Å²) in [5, 5.41) is 2.83. The summed E-state index contributed by atoms with van der Waals surface area (Å²) in [6.07, 6.45) is 3.41. The first-order valence-electron chi connectivity index (χ1n) is 8.63. The van der Waals surface area contributed by atoms with Crippen LogP contribution in [0.2, 0.25) is 0 Å². The van der Waals surface area contributed by atoms with Crippen LogP contribution in [-0.4, -0.2) is 42.4 Å². The van der Waals surface area contributed by atoms with Crippen molar-refractivity contribution in [3.63, 3.8) is 0 Å². The van der Waals surface area contributed by atoms with Gasteiger partial charge in [0.2, 0.25) is 0 Å². The zero-order valence-corrected chi connectivity index (χ0v) is 15.7.